The van der Waals surface area contributed by atoms with Gasteiger partial charge < -0.3 is 25.6 Å². The summed E-state index contributed by atoms with van der Waals surface area (Å²) in [7, 11) is 2.20. The minimum Gasteiger partial charge on any atom is -0.379 e. The molecule has 222 valence electrons. The summed E-state index contributed by atoms with van der Waals surface area (Å²) in [6, 6.07) is 5.73. The van der Waals surface area contributed by atoms with Crippen LogP contribution in [0.25, 0.3) is 0 Å². The number of amides is 2. The third-order valence-electron chi connectivity index (χ3n) is 10.1. The van der Waals surface area contributed by atoms with E-state index in [0.29, 0.717) is 24.5 Å². The highest BCUT2D eigenvalue weighted by molar-refractivity contribution is 5.97. The second-order valence-electron chi connectivity index (χ2n) is 13.0. The van der Waals surface area contributed by atoms with Gasteiger partial charge in [-0.05, 0) is 81.0 Å². The van der Waals surface area contributed by atoms with Gasteiger partial charge >= 0.3 is 0 Å². The highest BCUT2D eigenvalue weighted by Crippen LogP contribution is 2.35. The molecule has 8 nitrogen and oxygen atoms in total. The van der Waals surface area contributed by atoms with Gasteiger partial charge in [-0.1, -0.05) is 19.8 Å². The second kappa shape index (κ2) is 13.2. The summed E-state index contributed by atoms with van der Waals surface area (Å²) in [5.41, 5.74) is 4.23. The van der Waals surface area contributed by atoms with E-state index in [0.717, 1.165) is 69.8 Å². The molecule has 1 aliphatic carbocycles. The van der Waals surface area contributed by atoms with E-state index in [1.54, 1.807) is 0 Å². The summed E-state index contributed by atoms with van der Waals surface area (Å²) < 4.78 is 5.52. The first kappa shape index (κ1) is 29.3. The minimum absolute atomic E-state index is 0.0543. The van der Waals surface area contributed by atoms with Crippen LogP contribution in [0.4, 0.5) is 5.69 Å². The molecule has 0 aromatic heterocycles. The summed E-state index contributed by atoms with van der Waals surface area (Å²) in [5.74, 6) is 0.440. The van der Waals surface area contributed by atoms with Crippen molar-refractivity contribution in [2.45, 2.75) is 89.8 Å². The van der Waals surface area contributed by atoms with Crippen molar-refractivity contribution in [1.29, 1.82) is 0 Å². The number of nitrogens with zero attached hydrogens (tertiary/aromatic N) is 2. The molecule has 3 aliphatic heterocycles. The molecule has 1 aromatic rings. The van der Waals surface area contributed by atoms with E-state index in [1.807, 2.05) is 6.92 Å². The van der Waals surface area contributed by atoms with Crippen LogP contribution in [0.3, 0.4) is 0 Å². The molecule has 1 aromatic carbocycles. The number of carbonyl (C=O) groups is 2. The highest BCUT2D eigenvalue weighted by atomic mass is 16.5. The van der Waals surface area contributed by atoms with Gasteiger partial charge in [-0.3, -0.25) is 14.5 Å². The fraction of sp³-hybridized carbons (Fsp3) is 0.750. The van der Waals surface area contributed by atoms with Crippen LogP contribution in [0.1, 0.15) is 86.2 Å². The first-order valence-corrected chi connectivity index (χ1v) is 15.8. The Morgan fingerprint density at radius 2 is 1.88 bits per heavy atom. The second-order valence-corrected chi connectivity index (χ2v) is 13.0. The molecule has 3 saturated heterocycles. The van der Waals surface area contributed by atoms with Crippen molar-refractivity contribution in [3.05, 3.63) is 28.8 Å². The smallest absolute Gasteiger partial charge is 0.251 e. The van der Waals surface area contributed by atoms with Gasteiger partial charge in [-0.2, -0.15) is 0 Å². The van der Waals surface area contributed by atoms with Crippen molar-refractivity contribution in [1.82, 2.24) is 20.9 Å². The summed E-state index contributed by atoms with van der Waals surface area (Å²) in [4.78, 5) is 31.3. The average molecular weight is 554 g/mol. The van der Waals surface area contributed by atoms with Gasteiger partial charge in [0.2, 0.25) is 5.91 Å². The van der Waals surface area contributed by atoms with Crippen LogP contribution in [0, 0.1) is 18.8 Å². The van der Waals surface area contributed by atoms with E-state index in [2.05, 4.69) is 58.8 Å². The summed E-state index contributed by atoms with van der Waals surface area (Å²) in [6.45, 7) is 12.4. The van der Waals surface area contributed by atoms with E-state index in [1.165, 1.54) is 36.9 Å². The quantitative estimate of drug-likeness (QED) is 0.458. The van der Waals surface area contributed by atoms with Crippen molar-refractivity contribution in [2.24, 2.45) is 11.8 Å². The van der Waals surface area contributed by atoms with Crippen LogP contribution >= 0.6 is 0 Å². The SMILES string of the molecule is Cc1c(C(=O)NCC2C(=O)NC(C)CC2C)cc(C2CCC(CN3CCOCC3)NC2)cc1N(C)C1CCCC1. The van der Waals surface area contributed by atoms with Crippen LogP contribution in [0.15, 0.2) is 12.1 Å². The van der Waals surface area contributed by atoms with E-state index in [-0.39, 0.29) is 29.7 Å². The van der Waals surface area contributed by atoms with Gasteiger partial charge in [0.25, 0.3) is 5.91 Å². The third-order valence-corrected chi connectivity index (χ3v) is 10.1. The Kier molecular flexibility index (Phi) is 9.69. The Labute approximate surface area is 241 Å². The molecular weight excluding hydrogens is 502 g/mol. The summed E-state index contributed by atoms with van der Waals surface area (Å²) in [6.07, 6.45) is 8.18. The van der Waals surface area contributed by atoms with E-state index >= 15 is 0 Å². The van der Waals surface area contributed by atoms with E-state index < -0.39 is 0 Å². The number of rotatable bonds is 8. The number of hydrogen-bond donors (Lipinski definition) is 3. The molecule has 4 fully saturated rings. The molecule has 5 atom stereocenters. The maximum atomic E-state index is 13.7. The number of nitrogens with one attached hydrogen (secondary N) is 3. The largest absolute Gasteiger partial charge is 0.379 e. The highest BCUT2D eigenvalue weighted by Gasteiger charge is 2.33. The zero-order valence-electron chi connectivity index (χ0n) is 25.1. The number of hydrogen-bond acceptors (Lipinski definition) is 6. The standard InChI is InChI=1S/C32H51N5O3/c1-21-15-22(2)35-32(39)29(21)19-34-31(38)28-16-25(17-30(23(28)3)36(4)27-7-5-6-8-27)24-9-10-26(33-18-24)20-37-11-13-40-14-12-37/h16-17,21-22,24,26-27,29,33H,5-15,18-20H2,1-4H3,(H,34,38)(H,35,39). The minimum atomic E-state index is -0.185. The molecule has 0 bridgehead atoms. The summed E-state index contributed by atoms with van der Waals surface area (Å²) >= 11 is 0. The molecule has 40 heavy (non-hydrogen) atoms. The number of carbonyl (C=O) groups excluding carboxylic acids is 2. The maximum absolute atomic E-state index is 13.7. The van der Waals surface area contributed by atoms with Gasteiger partial charge in [0.15, 0.2) is 0 Å². The lowest BCUT2D eigenvalue weighted by Gasteiger charge is -2.36. The Morgan fingerprint density at radius 1 is 1.12 bits per heavy atom. The first-order chi connectivity index (χ1) is 19.3. The van der Waals surface area contributed by atoms with Crippen LogP contribution in [-0.4, -0.2) is 87.8 Å². The molecular formula is C32H51N5O3. The molecule has 0 radical (unpaired) electrons. The van der Waals surface area contributed by atoms with E-state index in [4.69, 9.17) is 4.74 Å². The predicted molar refractivity (Wildman–Crippen MR) is 160 cm³/mol. The number of piperidine rings is 2. The lowest BCUT2D eigenvalue weighted by molar-refractivity contribution is -0.129. The lowest BCUT2D eigenvalue weighted by Crippen LogP contribution is -2.50. The molecule has 1 saturated carbocycles. The van der Waals surface area contributed by atoms with Gasteiger partial charge in [0.05, 0.1) is 19.1 Å². The maximum Gasteiger partial charge on any atom is 0.251 e. The lowest BCUT2D eigenvalue weighted by atomic mass is 9.84. The van der Waals surface area contributed by atoms with Crippen LogP contribution < -0.4 is 20.9 Å². The molecule has 3 N–H and O–H groups in total. The first-order valence-electron chi connectivity index (χ1n) is 15.8. The molecule has 2 amide bonds. The molecule has 4 aliphatic rings. The number of morpholine rings is 1. The van der Waals surface area contributed by atoms with Crippen LogP contribution in [0.5, 0.6) is 0 Å². The van der Waals surface area contributed by atoms with Crippen molar-refractivity contribution >= 4 is 17.5 Å². The van der Waals surface area contributed by atoms with Crippen molar-refractivity contribution < 1.29 is 14.3 Å². The molecule has 0 spiro atoms. The van der Waals surface area contributed by atoms with Gasteiger partial charge in [0.1, 0.15) is 0 Å². The van der Waals surface area contributed by atoms with Crippen molar-refractivity contribution in [2.75, 3.05) is 57.9 Å². The van der Waals surface area contributed by atoms with Crippen LogP contribution in [0.2, 0.25) is 0 Å². The Hall–Kier alpha value is -2.16. The van der Waals surface area contributed by atoms with Gasteiger partial charge in [-0.25, -0.2) is 0 Å². The zero-order valence-corrected chi connectivity index (χ0v) is 25.1. The Balaban J connectivity index is 1.31. The van der Waals surface area contributed by atoms with Gasteiger partial charge in [0, 0.05) is 69.1 Å². The Bertz CT molecular complexity index is 1030. The topological polar surface area (TPSA) is 85.9 Å². The average Bonchev–Trinajstić information content (AvgIpc) is 3.48. The zero-order chi connectivity index (χ0) is 28.2. The van der Waals surface area contributed by atoms with E-state index in [9.17, 15) is 9.59 Å². The molecule has 5 unspecified atom stereocenters. The molecule has 8 heteroatoms. The number of benzene rings is 1. The van der Waals surface area contributed by atoms with Gasteiger partial charge in [-0.15, -0.1) is 0 Å². The predicted octanol–water partition coefficient (Wildman–Crippen LogP) is 3.43. The fourth-order valence-electron chi connectivity index (χ4n) is 7.48. The molecule has 3 heterocycles. The Morgan fingerprint density at radius 3 is 2.55 bits per heavy atom. The summed E-state index contributed by atoms with van der Waals surface area (Å²) in [5, 5.41) is 10.0. The third kappa shape index (κ3) is 6.82. The normalized spacial score (nSPS) is 30.2. The fourth-order valence-corrected chi connectivity index (χ4v) is 7.48. The number of ether oxygens (including phenoxy) is 1. The number of anilines is 1. The van der Waals surface area contributed by atoms with Crippen molar-refractivity contribution in [3.63, 3.8) is 0 Å². The van der Waals surface area contributed by atoms with Crippen molar-refractivity contribution in [3.8, 4) is 0 Å². The monoisotopic (exact) mass is 553 g/mol. The van der Waals surface area contributed by atoms with Crippen LogP contribution in [-0.2, 0) is 9.53 Å². The molecule has 5 rings (SSSR count).